The maximum Gasteiger partial charge on any atom is 2.00 e. The Morgan fingerprint density at radius 1 is 1.38 bits per heavy atom. The summed E-state index contributed by atoms with van der Waals surface area (Å²) in [6.45, 7) is 2.19. The maximum absolute atomic E-state index is 5.64. The maximum atomic E-state index is 5.64. The summed E-state index contributed by atoms with van der Waals surface area (Å²) >= 11 is 4.26. The van der Waals surface area contributed by atoms with Crippen LogP contribution in [-0.4, -0.2) is 0 Å². The molecular weight excluding hydrogens is 232 g/mol. The molecule has 66 valence electrons. The van der Waals surface area contributed by atoms with Crippen LogP contribution in [0, 0.1) is 0 Å². The molecule has 0 aliphatic heterocycles. The van der Waals surface area contributed by atoms with Gasteiger partial charge in [0, 0.05) is 10.6 Å². The fraction of sp³-hybridized carbons (Fsp3) is 0.400. The zero-order valence-corrected chi connectivity index (χ0v) is 11.9. The van der Waals surface area contributed by atoms with Crippen molar-refractivity contribution in [2.75, 3.05) is 5.73 Å². The van der Waals surface area contributed by atoms with E-state index in [4.69, 9.17) is 5.73 Å². The summed E-state index contributed by atoms with van der Waals surface area (Å²) in [5, 5.41) is 0. The van der Waals surface area contributed by atoms with E-state index >= 15 is 0 Å². The van der Waals surface area contributed by atoms with Gasteiger partial charge in [-0.3, -0.25) is 0 Å². The summed E-state index contributed by atoms with van der Waals surface area (Å²) in [7, 11) is 0. The fourth-order valence-electron chi connectivity index (χ4n) is 1.13. The molecule has 0 heterocycles. The van der Waals surface area contributed by atoms with Gasteiger partial charge in [-0.25, -0.2) is 0 Å². The predicted molar refractivity (Wildman–Crippen MR) is 56.7 cm³/mol. The molecule has 0 radical (unpaired) electrons. The number of aryl methyl sites for hydroxylation is 1. The Morgan fingerprint density at radius 3 is 2.62 bits per heavy atom. The summed E-state index contributed by atoms with van der Waals surface area (Å²) in [6, 6.07) is 6.05. The molecule has 0 saturated heterocycles. The SMILES string of the molecule is CCCCc1ccc(N)c(S)c1.[Zn+2]. The largest absolute Gasteiger partial charge is 2.00 e. The monoisotopic (exact) mass is 245 g/mol. The molecule has 0 aromatic heterocycles. The van der Waals surface area contributed by atoms with Crippen LogP contribution in [0.3, 0.4) is 0 Å². The van der Waals surface area contributed by atoms with Crippen LogP contribution in [0.4, 0.5) is 5.69 Å². The normalized spacial score (nSPS) is 9.38. The van der Waals surface area contributed by atoms with E-state index < -0.39 is 0 Å². The summed E-state index contributed by atoms with van der Waals surface area (Å²) < 4.78 is 0. The van der Waals surface area contributed by atoms with E-state index in [1.165, 1.54) is 18.4 Å². The first-order valence-corrected chi connectivity index (χ1v) is 4.76. The number of anilines is 1. The van der Waals surface area contributed by atoms with Crippen molar-refractivity contribution in [1.82, 2.24) is 0 Å². The third kappa shape index (κ3) is 4.15. The minimum absolute atomic E-state index is 0. The van der Waals surface area contributed by atoms with E-state index in [1.54, 1.807) is 0 Å². The van der Waals surface area contributed by atoms with Crippen molar-refractivity contribution in [1.29, 1.82) is 0 Å². The minimum Gasteiger partial charge on any atom is -0.398 e. The molecular formula is C10H15NSZn+2. The summed E-state index contributed by atoms with van der Waals surface area (Å²) in [5.41, 5.74) is 7.73. The first-order chi connectivity index (χ1) is 5.74. The topological polar surface area (TPSA) is 26.0 Å². The Balaban J connectivity index is 0.00000144. The molecule has 0 unspecified atom stereocenters. The van der Waals surface area contributed by atoms with E-state index in [2.05, 4.69) is 25.6 Å². The van der Waals surface area contributed by atoms with Crippen molar-refractivity contribution >= 4 is 18.3 Å². The van der Waals surface area contributed by atoms with Gasteiger partial charge in [0.2, 0.25) is 0 Å². The van der Waals surface area contributed by atoms with Crippen molar-refractivity contribution in [2.45, 2.75) is 31.1 Å². The number of benzene rings is 1. The van der Waals surface area contributed by atoms with E-state index in [0.717, 1.165) is 17.0 Å². The molecule has 13 heavy (non-hydrogen) atoms. The summed E-state index contributed by atoms with van der Waals surface area (Å²) in [5.74, 6) is 0. The van der Waals surface area contributed by atoms with E-state index in [0.29, 0.717) is 0 Å². The first kappa shape index (κ1) is 13.0. The molecule has 0 bridgehead atoms. The Kier molecular flexibility index (Phi) is 6.44. The third-order valence-electron chi connectivity index (χ3n) is 1.91. The molecule has 0 spiro atoms. The van der Waals surface area contributed by atoms with Gasteiger partial charge in [-0.1, -0.05) is 19.4 Å². The number of hydrogen-bond acceptors (Lipinski definition) is 2. The Hall–Kier alpha value is -0.00662. The predicted octanol–water partition coefficient (Wildman–Crippen LogP) is 2.90. The molecule has 2 N–H and O–H groups in total. The van der Waals surface area contributed by atoms with E-state index in [9.17, 15) is 0 Å². The summed E-state index contributed by atoms with van der Waals surface area (Å²) in [4.78, 5) is 0.892. The van der Waals surface area contributed by atoms with Gasteiger partial charge in [0.1, 0.15) is 0 Å². The number of nitrogens with two attached hydrogens (primary N) is 1. The van der Waals surface area contributed by atoms with Gasteiger partial charge in [0.25, 0.3) is 0 Å². The van der Waals surface area contributed by atoms with Crippen molar-refractivity contribution < 1.29 is 19.5 Å². The molecule has 1 aromatic carbocycles. The molecule has 0 amide bonds. The number of unbranched alkanes of at least 4 members (excludes halogenated alkanes) is 1. The first-order valence-electron chi connectivity index (χ1n) is 4.31. The molecule has 1 rings (SSSR count). The van der Waals surface area contributed by atoms with Crippen LogP contribution in [0.1, 0.15) is 25.3 Å². The van der Waals surface area contributed by atoms with Crippen LogP contribution < -0.4 is 5.73 Å². The zero-order valence-electron chi connectivity index (χ0n) is 8.09. The quantitative estimate of drug-likeness (QED) is 0.479. The molecule has 1 aromatic rings. The Bertz CT molecular complexity index is 263. The molecule has 0 atom stereocenters. The minimum atomic E-state index is 0. The second kappa shape index (κ2) is 6.45. The molecule has 0 aliphatic carbocycles. The van der Waals surface area contributed by atoms with Crippen LogP contribution in [0.2, 0.25) is 0 Å². The molecule has 0 aliphatic rings. The molecule has 3 heteroatoms. The van der Waals surface area contributed by atoms with Gasteiger partial charge in [0.15, 0.2) is 0 Å². The number of nitrogen functional groups attached to an aromatic ring is 1. The van der Waals surface area contributed by atoms with E-state index in [1.807, 2.05) is 12.1 Å². The average molecular weight is 247 g/mol. The van der Waals surface area contributed by atoms with Gasteiger partial charge in [0.05, 0.1) is 0 Å². The Labute approximate surface area is 98.3 Å². The van der Waals surface area contributed by atoms with Crippen molar-refractivity contribution in [2.24, 2.45) is 0 Å². The van der Waals surface area contributed by atoms with Crippen LogP contribution in [-0.2, 0) is 25.9 Å². The van der Waals surface area contributed by atoms with Crippen molar-refractivity contribution in [3.8, 4) is 0 Å². The van der Waals surface area contributed by atoms with Gasteiger partial charge >= 0.3 is 19.5 Å². The van der Waals surface area contributed by atoms with Gasteiger partial charge < -0.3 is 5.73 Å². The average Bonchev–Trinajstić information content (AvgIpc) is 2.07. The Morgan fingerprint density at radius 2 is 2.08 bits per heavy atom. The van der Waals surface area contributed by atoms with Crippen molar-refractivity contribution in [3.63, 3.8) is 0 Å². The molecule has 0 fully saturated rings. The second-order valence-electron chi connectivity index (χ2n) is 3.00. The van der Waals surface area contributed by atoms with Crippen LogP contribution in [0.15, 0.2) is 23.1 Å². The van der Waals surface area contributed by atoms with Crippen molar-refractivity contribution in [3.05, 3.63) is 23.8 Å². The summed E-state index contributed by atoms with van der Waals surface area (Å²) in [6.07, 6.45) is 3.59. The third-order valence-corrected chi connectivity index (χ3v) is 2.30. The number of hydrogen-bond donors (Lipinski definition) is 2. The smallest absolute Gasteiger partial charge is 0.398 e. The second-order valence-corrected chi connectivity index (χ2v) is 3.48. The molecule has 1 nitrogen and oxygen atoms in total. The molecule has 0 saturated carbocycles. The van der Waals surface area contributed by atoms with Crippen LogP contribution in [0.25, 0.3) is 0 Å². The van der Waals surface area contributed by atoms with Gasteiger partial charge in [-0.2, -0.15) is 0 Å². The zero-order chi connectivity index (χ0) is 8.97. The fourth-order valence-corrected chi connectivity index (χ4v) is 1.37. The standard InChI is InChI=1S/C10H15NS.Zn/c1-2-3-4-8-5-6-9(11)10(12)7-8;/h5-7,12H,2-4,11H2,1H3;/q;+2. The van der Waals surface area contributed by atoms with Gasteiger partial charge in [-0.05, 0) is 30.5 Å². The van der Waals surface area contributed by atoms with Crippen LogP contribution in [0.5, 0.6) is 0 Å². The number of rotatable bonds is 3. The van der Waals surface area contributed by atoms with Gasteiger partial charge in [-0.15, -0.1) is 12.6 Å². The number of thiol groups is 1. The van der Waals surface area contributed by atoms with E-state index in [-0.39, 0.29) is 19.5 Å². The van der Waals surface area contributed by atoms with Crippen LogP contribution >= 0.6 is 12.6 Å².